The van der Waals surface area contributed by atoms with Crippen LogP contribution in [0.3, 0.4) is 0 Å². The number of carbonyl (C=O) groups is 2. The Bertz CT molecular complexity index is 622. The summed E-state index contributed by atoms with van der Waals surface area (Å²) in [5, 5.41) is 9.22. The van der Waals surface area contributed by atoms with Gasteiger partial charge in [-0.1, -0.05) is 6.07 Å². The zero-order chi connectivity index (χ0) is 17.2. The average molecular weight is 329 g/mol. The molecule has 1 amide bonds. The lowest BCUT2D eigenvalue weighted by Gasteiger charge is -2.21. The van der Waals surface area contributed by atoms with Crippen LogP contribution in [0.4, 0.5) is 8.78 Å². The third kappa shape index (κ3) is 3.35. The Morgan fingerprint density at radius 3 is 2.61 bits per heavy atom. The molecule has 2 rings (SSSR count). The average Bonchev–Trinajstić information content (AvgIpc) is 2.90. The van der Waals surface area contributed by atoms with E-state index in [1.807, 2.05) is 0 Å². The second-order valence-corrected chi connectivity index (χ2v) is 5.56. The summed E-state index contributed by atoms with van der Waals surface area (Å²) in [6, 6.07) is 4.23. The number of carbonyl (C=O) groups excluding carboxylic acids is 1. The van der Waals surface area contributed by atoms with Gasteiger partial charge in [0.05, 0.1) is 18.1 Å². The molecular formula is C15H17F2NO5. The first-order valence-corrected chi connectivity index (χ1v) is 6.93. The molecule has 1 aliphatic heterocycles. The first-order chi connectivity index (χ1) is 10.8. The molecular weight excluding hydrogens is 312 g/mol. The van der Waals surface area contributed by atoms with Gasteiger partial charge in [0.1, 0.15) is 0 Å². The number of para-hydroxylation sites is 1. The van der Waals surface area contributed by atoms with E-state index in [-0.39, 0.29) is 30.2 Å². The van der Waals surface area contributed by atoms with Crippen LogP contribution >= 0.6 is 0 Å². The topological polar surface area (TPSA) is 76.1 Å². The molecule has 23 heavy (non-hydrogen) atoms. The van der Waals surface area contributed by atoms with Crippen molar-refractivity contribution < 1.29 is 33.0 Å². The SMILES string of the molecule is COc1cccc(C(=O)N2CCC(C)(C(=O)O)C2)c1OC(F)F. The minimum Gasteiger partial charge on any atom is -0.493 e. The van der Waals surface area contributed by atoms with E-state index in [1.165, 1.54) is 30.2 Å². The number of carboxylic acids is 1. The first kappa shape index (κ1) is 17.0. The highest BCUT2D eigenvalue weighted by molar-refractivity contribution is 5.98. The molecule has 6 nitrogen and oxygen atoms in total. The largest absolute Gasteiger partial charge is 0.493 e. The van der Waals surface area contributed by atoms with E-state index in [4.69, 9.17) is 4.74 Å². The number of methoxy groups -OCH3 is 1. The van der Waals surface area contributed by atoms with E-state index >= 15 is 0 Å². The number of ether oxygens (including phenoxy) is 2. The van der Waals surface area contributed by atoms with Gasteiger partial charge in [-0.3, -0.25) is 9.59 Å². The molecule has 126 valence electrons. The standard InChI is InChI=1S/C15H17F2NO5/c1-15(13(20)21)6-7-18(8-15)12(19)9-4-3-5-10(22-2)11(9)23-14(16)17/h3-5,14H,6-8H2,1-2H3,(H,20,21). The molecule has 1 saturated heterocycles. The van der Waals surface area contributed by atoms with Crippen LogP contribution in [0.2, 0.25) is 0 Å². The van der Waals surface area contributed by atoms with Crippen LogP contribution < -0.4 is 9.47 Å². The number of likely N-dealkylation sites (tertiary alicyclic amines) is 1. The van der Waals surface area contributed by atoms with Crippen molar-refractivity contribution in [3.63, 3.8) is 0 Å². The van der Waals surface area contributed by atoms with Crippen molar-refractivity contribution >= 4 is 11.9 Å². The monoisotopic (exact) mass is 329 g/mol. The van der Waals surface area contributed by atoms with Gasteiger partial charge in [-0.2, -0.15) is 8.78 Å². The van der Waals surface area contributed by atoms with E-state index in [1.54, 1.807) is 6.92 Å². The summed E-state index contributed by atoms with van der Waals surface area (Å²) in [7, 11) is 1.28. The van der Waals surface area contributed by atoms with Gasteiger partial charge < -0.3 is 19.5 Å². The third-order valence-corrected chi connectivity index (χ3v) is 3.91. The van der Waals surface area contributed by atoms with E-state index in [9.17, 15) is 23.5 Å². The third-order valence-electron chi connectivity index (χ3n) is 3.91. The molecule has 1 heterocycles. The number of hydrogen-bond donors (Lipinski definition) is 1. The molecule has 1 fully saturated rings. The molecule has 0 aromatic heterocycles. The molecule has 0 radical (unpaired) electrons. The minimum absolute atomic E-state index is 0.00644. The Hall–Kier alpha value is -2.38. The van der Waals surface area contributed by atoms with Gasteiger partial charge in [0.2, 0.25) is 0 Å². The summed E-state index contributed by atoms with van der Waals surface area (Å²) >= 11 is 0. The molecule has 1 atom stereocenters. The van der Waals surface area contributed by atoms with Crippen molar-refractivity contribution in [3.05, 3.63) is 23.8 Å². The van der Waals surface area contributed by atoms with Crippen molar-refractivity contribution in [2.24, 2.45) is 5.41 Å². The van der Waals surface area contributed by atoms with Crippen LogP contribution in [-0.2, 0) is 4.79 Å². The van der Waals surface area contributed by atoms with Gasteiger partial charge in [-0.25, -0.2) is 0 Å². The van der Waals surface area contributed by atoms with Crippen LogP contribution in [0.25, 0.3) is 0 Å². The molecule has 1 unspecified atom stereocenters. The minimum atomic E-state index is -3.11. The van der Waals surface area contributed by atoms with E-state index in [2.05, 4.69) is 4.74 Å². The Kier molecular flexibility index (Phi) is 4.72. The zero-order valence-corrected chi connectivity index (χ0v) is 12.7. The maximum absolute atomic E-state index is 12.6. The van der Waals surface area contributed by atoms with Gasteiger partial charge in [0, 0.05) is 13.1 Å². The molecule has 1 N–H and O–H groups in total. The van der Waals surface area contributed by atoms with Gasteiger partial charge in [-0.15, -0.1) is 0 Å². The molecule has 0 aliphatic carbocycles. The molecule has 0 bridgehead atoms. The number of nitrogens with zero attached hydrogens (tertiary/aromatic N) is 1. The van der Waals surface area contributed by atoms with Crippen molar-refractivity contribution in [1.82, 2.24) is 4.90 Å². The highest BCUT2D eigenvalue weighted by atomic mass is 19.3. The summed E-state index contributed by atoms with van der Waals surface area (Å²) in [5.41, 5.74) is -1.13. The van der Waals surface area contributed by atoms with Crippen molar-refractivity contribution in [3.8, 4) is 11.5 Å². The fourth-order valence-electron chi connectivity index (χ4n) is 2.53. The second kappa shape index (κ2) is 6.39. The van der Waals surface area contributed by atoms with E-state index < -0.39 is 23.9 Å². The summed E-state index contributed by atoms with van der Waals surface area (Å²) in [6.07, 6.45) is 0.295. The predicted octanol–water partition coefficient (Wildman–Crippen LogP) is 2.23. The van der Waals surface area contributed by atoms with Gasteiger partial charge in [0.15, 0.2) is 11.5 Å². The first-order valence-electron chi connectivity index (χ1n) is 6.93. The van der Waals surface area contributed by atoms with Gasteiger partial charge in [-0.05, 0) is 25.5 Å². The maximum atomic E-state index is 12.6. The van der Waals surface area contributed by atoms with Crippen LogP contribution in [0, 0.1) is 5.41 Å². The Balaban J connectivity index is 2.31. The highest BCUT2D eigenvalue weighted by Gasteiger charge is 2.42. The quantitative estimate of drug-likeness (QED) is 0.896. The number of alkyl halides is 2. The molecule has 8 heteroatoms. The summed E-state index contributed by atoms with van der Waals surface area (Å²) in [4.78, 5) is 25.2. The number of rotatable bonds is 5. The fourth-order valence-corrected chi connectivity index (χ4v) is 2.53. The van der Waals surface area contributed by atoms with Crippen molar-refractivity contribution in [2.45, 2.75) is 20.0 Å². The Morgan fingerprint density at radius 1 is 1.39 bits per heavy atom. The Labute approximate surface area is 131 Å². The lowest BCUT2D eigenvalue weighted by Crippen LogP contribution is -2.35. The molecule has 0 spiro atoms. The van der Waals surface area contributed by atoms with Gasteiger partial charge in [0.25, 0.3) is 5.91 Å². The lowest BCUT2D eigenvalue weighted by molar-refractivity contribution is -0.147. The lowest BCUT2D eigenvalue weighted by atomic mass is 9.90. The van der Waals surface area contributed by atoms with Crippen molar-refractivity contribution in [2.75, 3.05) is 20.2 Å². The van der Waals surface area contributed by atoms with Gasteiger partial charge >= 0.3 is 12.6 Å². The van der Waals surface area contributed by atoms with Crippen LogP contribution in [0.1, 0.15) is 23.7 Å². The zero-order valence-electron chi connectivity index (χ0n) is 12.7. The van der Waals surface area contributed by atoms with Crippen molar-refractivity contribution in [1.29, 1.82) is 0 Å². The number of halogens is 2. The number of benzene rings is 1. The van der Waals surface area contributed by atoms with Crippen LogP contribution in [0.5, 0.6) is 11.5 Å². The predicted molar refractivity (Wildman–Crippen MR) is 75.9 cm³/mol. The maximum Gasteiger partial charge on any atom is 0.387 e. The number of carboxylic acid groups (broad SMARTS) is 1. The number of amides is 1. The summed E-state index contributed by atoms with van der Waals surface area (Å²) in [6.45, 7) is -1.33. The van der Waals surface area contributed by atoms with E-state index in [0.29, 0.717) is 6.42 Å². The molecule has 1 aliphatic rings. The summed E-state index contributed by atoms with van der Waals surface area (Å²) < 4.78 is 34.6. The second-order valence-electron chi connectivity index (χ2n) is 5.56. The smallest absolute Gasteiger partial charge is 0.387 e. The molecule has 1 aromatic rings. The summed E-state index contributed by atoms with van der Waals surface area (Å²) in [5.74, 6) is -1.90. The van der Waals surface area contributed by atoms with Crippen LogP contribution in [-0.4, -0.2) is 48.7 Å². The Morgan fingerprint density at radius 2 is 2.09 bits per heavy atom. The molecule has 1 aromatic carbocycles. The van der Waals surface area contributed by atoms with E-state index in [0.717, 1.165) is 0 Å². The number of hydrogen-bond acceptors (Lipinski definition) is 4. The number of aliphatic carboxylic acids is 1. The van der Waals surface area contributed by atoms with Crippen LogP contribution in [0.15, 0.2) is 18.2 Å². The highest BCUT2D eigenvalue weighted by Crippen LogP contribution is 2.36. The molecule has 0 saturated carbocycles. The fraction of sp³-hybridized carbons (Fsp3) is 0.467. The normalized spacial score (nSPS) is 20.7.